The van der Waals surface area contributed by atoms with Crippen molar-refractivity contribution < 1.29 is 9.90 Å². The fraction of sp³-hybridized carbons (Fsp3) is 0.682. The molecule has 0 unspecified atom stereocenters. The molecule has 2 aliphatic heterocycles. The summed E-state index contributed by atoms with van der Waals surface area (Å²) in [5, 5.41) is 10.1. The summed E-state index contributed by atoms with van der Waals surface area (Å²) in [5.41, 5.74) is 1.20. The number of hydrogen-bond acceptors (Lipinski definition) is 4. The zero-order valence-corrected chi connectivity index (χ0v) is 16.9. The van der Waals surface area contributed by atoms with E-state index in [-0.39, 0.29) is 18.6 Å². The topological polar surface area (TPSA) is 47.0 Å². The number of piperazine rings is 1. The maximum Gasteiger partial charge on any atom is 0.223 e. The van der Waals surface area contributed by atoms with E-state index in [2.05, 4.69) is 35.9 Å². The van der Waals surface area contributed by atoms with Crippen molar-refractivity contribution in [1.29, 1.82) is 0 Å². The largest absolute Gasteiger partial charge is 0.394 e. The molecule has 1 N–H and O–H groups in total. The highest BCUT2D eigenvalue weighted by Gasteiger charge is 2.43. The highest BCUT2D eigenvalue weighted by Crippen LogP contribution is 2.33. The number of benzene rings is 1. The van der Waals surface area contributed by atoms with Gasteiger partial charge in [0.1, 0.15) is 0 Å². The summed E-state index contributed by atoms with van der Waals surface area (Å²) in [5.74, 6) is 1.06. The zero-order chi connectivity index (χ0) is 19.2. The standard InChI is InChI=1S/C22H35N3O2/c1-3-19-15-25(22(27)10-9-18-7-5-4-6-8-18)21(17-26)20(19)16-24-13-11-23(2)12-14-24/h4-8,19-21,26H,3,9-17H2,1-2H3/t19-,20-,21-/m1/s1. The molecule has 0 aromatic heterocycles. The molecule has 2 saturated heterocycles. The third-order valence-electron chi connectivity index (χ3n) is 6.50. The molecule has 3 atom stereocenters. The first kappa shape index (κ1) is 20.3. The predicted octanol–water partition coefficient (Wildman–Crippen LogP) is 1.71. The SMILES string of the molecule is CC[C@@H]1CN(C(=O)CCc2ccccc2)[C@H](CO)[C@@H]1CN1CCN(C)CC1. The van der Waals surface area contributed by atoms with E-state index in [0.29, 0.717) is 18.3 Å². The second-order valence-electron chi connectivity index (χ2n) is 8.22. The van der Waals surface area contributed by atoms with Crippen LogP contribution >= 0.6 is 0 Å². The Labute approximate surface area is 163 Å². The van der Waals surface area contributed by atoms with Gasteiger partial charge < -0.3 is 19.8 Å². The van der Waals surface area contributed by atoms with Gasteiger partial charge in [0.15, 0.2) is 0 Å². The number of carbonyl (C=O) groups is 1. The Bertz CT molecular complexity index is 586. The van der Waals surface area contributed by atoms with Crippen LogP contribution in [0.4, 0.5) is 0 Å². The molecule has 3 rings (SSSR count). The van der Waals surface area contributed by atoms with Gasteiger partial charge in [-0.3, -0.25) is 4.79 Å². The normalized spacial score (nSPS) is 27.2. The molecular weight excluding hydrogens is 338 g/mol. The van der Waals surface area contributed by atoms with Gasteiger partial charge in [0.25, 0.3) is 0 Å². The van der Waals surface area contributed by atoms with E-state index >= 15 is 0 Å². The molecule has 2 fully saturated rings. The molecule has 5 heteroatoms. The predicted molar refractivity (Wildman–Crippen MR) is 109 cm³/mol. The van der Waals surface area contributed by atoms with Crippen LogP contribution in [0.1, 0.15) is 25.3 Å². The third kappa shape index (κ3) is 5.09. The maximum atomic E-state index is 12.9. The van der Waals surface area contributed by atoms with Crippen molar-refractivity contribution in [3.05, 3.63) is 35.9 Å². The van der Waals surface area contributed by atoms with E-state index in [4.69, 9.17) is 0 Å². The molecule has 0 bridgehead atoms. The fourth-order valence-electron chi connectivity index (χ4n) is 4.66. The first-order valence-corrected chi connectivity index (χ1v) is 10.5. The Morgan fingerprint density at radius 2 is 1.85 bits per heavy atom. The fourth-order valence-corrected chi connectivity index (χ4v) is 4.66. The minimum absolute atomic E-state index is 0.0297. The van der Waals surface area contributed by atoms with Crippen LogP contribution in [-0.2, 0) is 11.2 Å². The number of aliphatic hydroxyl groups excluding tert-OH is 1. The quantitative estimate of drug-likeness (QED) is 0.791. The van der Waals surface area contributed by atoms with E-state index in [1.165, 1.54) is 5.56 Å². The van der Waals surface area contributed by atoms with Crippen LogP contribution in [0.2, 0.25) is 0 Å². The average Bonchev–Trinajstić information content (AvgIpc) is 3.06. The van der Waals surface area contributed by atoms with E-state index in [9.17, 15) is 9.90 Å². The number of hydrogen-bond donors (Lipinski definition) is 1. The summed E-state index contributed by atoms with van der Waals surface area (Å²) in [4.78, 5) is 19.8. The third-order valence-corrected chi connectivity index (χ3v) is 6.50. The smallest absolute Gasteiger partial charge is 0.223 e. The summed E-state index contributed by atoms with van der Waals surface area (Å²) in [6, 6.07) is 10.2. The van der Waals surface area contributed by atoms with Gasteiger partial charge in [0, 0.05) is 45.7 Å². The number of rotatable bonds is 7. The maximum absolute atomic E-state index is 12.9. The van der Waals surface area contributed by atoms with Gasteiger partial charge in [-0.2, -0.15) is 0 Å². The molecule has 0 aliphatic carbocycles. The Balaban J connectivity index is 1.61. The lowest BCUT2D eigenvalue weighted by molar-refractivity contribution is -0.133. The van der Waals surface area contributed by atoms with Gasteiger partial charge in [0.2, 0.25) is 5.91 Å². The van der Waals surface area contributed by atoms with Crippen LogP contribution < -0.4 is 0 Å². The van der Waals surface area contributed by atoms with E-state index in [1.807, 2.05) is 23.1 Å². The number of likely N-dealkylation sites (N-methyl/N-ethyl adjacent to an activating group) is 1. The molecule has 1 aromatic carbocycles. The molecule has 0 saturated carbocycles. The van der Waals surface area contributed by atoms with Crippen LogP contribution in [0.25, 0.3) is 0 Å². The number of aryl methyl sites for hydroxylation is 1. The van der Waals surface area contributed by atoms with Crippen LogP contribution in [0.3, 0.4) is 0 Å². The molecule has 150 valence electrons. The van der Waals surface area contributed by atoms with Crippen molar-refractivity contribution >= 4 is 5.91 Å². The first-order valence-electron chi connectivity index (χ1n) is 10.5. The summed E-state index contributed by atoms with van der Waals surface area (Å²) >= 11 is 0. The second-order valence-corrected chi connectivity index (χ2v) is 8.22. The van der Waals surface area contributed by atoms with Gasteiger partial charge in [-0.05, 0) is 30.9 Å². The summed E-state index contributed by atoms with van der Waals surface area (Å²) in [6.45, 7) is 8.47. The summed E-state index contributed by atoms with van der Waals surface area (Å²) in [6.07, 6.45) is 2.36. The highest BCUT2D eigenvalue weighted by atomic mass is 16.3. The first-order chi connectivity index (χ1) is 13.1. The number of likely N-dealkylation sites (tertiary alicyclic amines) is 1. The number of amides is 1. The molecule has 0 radical (unpaired) electrons. The molecule has 2 heterocycles. The molecule has 5 nitrogen and oxygen atoms in total. The lowest BCUT2D eigenvalue weighted by atomic mass is 9.88. The lowest BCUT2D eigenvalue weighted by Crippen LogP contribution is -2.49. The number of aliphatic hydroxyl groups is 1. The van der Waals surface area contributed by atoms with Crippen molar-refractivity contribution in [3.63, 3.8) is 0 Å². The van der Waals surface area contributed by atoms with Crippen LogP contribution in [-0.4, -0.2) is 84.7 Å². The van der Waals surface area contributed by atoms with E-state index in [1.54, 1.807) is 0 Å². The minimum Gasteiger partial charge on any atom is -0.394 e. The van der Waals surface area contributed by atoms with Crippen molar-refractivity contribution in [3.8, 4) is 0 Å². The monoisotopic (exact) mass is 373 g/mol. The molecular formula is C22H35N3O2. The zero-order valence-electron chi connectivity index (χ0n) is 16.9. The van der Waals surface area contributed by atoms with Crippen molar-refractivity contribution in [2.75, 3.05) is 52.9 Å². The van der Waals surface area contributed by atoms with Crippen LogP contribution in [0, 0.1) is 11.8 Å². The summed E-state index contributed by atoms with van der Waals surface area (Å²) in [7, 11) is 2.17. The van der Waals surface area contributed by atoms with Crippen LogP contribution in [0.15, 0.2) is 30.3 Å². The van der Waals surface area contributed by atoms with Gasteiger partial charge >= 0.3 is 0 Å². The van der Waals surface area contributed by atoms with Crippen molar-refractivity contribution in [1.82, 2.24) is 14.7 Å². The minimum atomic E-state index is -0.0297. The van der Waals surface area contributed by atoms with E-state index < -0.39 is 0 Å². The van der Waals surface area contributed by atoms with Gasteiger partial charge in [-0.15, -0.1) is 0 Å². The Morgan fingerprint density at radius 3 is 2.48 bits per heavy atom. The van der Waals surface area contributed by atoms with Crippen LogP contribution in [0.5, 0.6) is 0 Å². The molecule has 1 aromatic rings. The lowest BCUT2D eigenvalue weighted by Gasteiger charge is -2.36. The molecule has 27 heavy (non-hydrogen) atoms. The Hall–Kier alpha value is -1.43. The summed E-state index contributed by atoms with van der Waals surface area (Å²) < 4.78 is 0. The average molecular weight is 374 g/mol. The van der Waals surface area contributed by atoms with Crippen molar-refractivity contribution in [2.24, 2.45) is 11.8 Å². The van der Waals surface area contributed by atoms with Gasteiger partial charge in [-0.25, -0.2) is 0 Å². The number of nitrogens with zero attached hydrogens (tertiary/aromatic N) is 3. The molecule has 2 aliphatic rings. The second kappa shape index (κ2) is 9.67. The Morgan fingerprint density at radius 1 is 1.15 bits per heavy atom. The highest BCUT2D eigenvalue weighted by molar-refractivity contribution is 5.77. The number of carbonyl (C=O) groups excluding carboxylic acids is 1. The molecule has 0 spiro atoms. The van der Waals surface area contributed by atoms with E-state index in [0.717, 1.165) is 52.1 Å². The van der Waals surface area contributed by atoms with Gasteiger partial charge in [-0.1, -0.05) is 43.7 Å². The molecule has 1 amide bonds. The van der Waals surface area contributed by atoms with Gasteiger partial charge in [0.05, 0.1) is 12.6 Å². The van der Waals surface area contributed by atoms with Crippen molar-refractivity contribution in [2.45, 2.75) is 32.2 Å². The Kier molecular flexibility index (Phi) is 7.27.